The lowest BCUT2D eigenvalue weighted by molar-refractivity contribution is 0.355. The first-order valence-corrected chi connectivity index (χ1v) is 9.74. The molecule has 1 aromatic heterocycles. The molecule has 0 fully saturated rings. The number of rotatable bonds is 8. The van der Waals surface area contributed by atoms with E-state index in [2.05, 4.69) is 15.5 Å². The van der Waals surface area contributed by atoms with Gasteiger partial charge in [-0.05, 0) is 30.3 Å². The lowest BCUT2D eigenvalue weighted by atomic mass is 10.1. The van der Waals surface area contributed by atoms with Gasteiger partial charge in [0.15, 0.2) is 23.0 Å². The molecule has 0 saturated carbocycles. The molecule has 0 unspecified atom stereocenters. The lowest BCUT2D eigenvalue weighted by Gasteiger charge is -2.10. The Labute approximate surface area is 177 Å². The second-order valence-electron chi connectivity index (χ2n) is 5.68. The van der Waals surface area contributed by atoms with Gasteiger partial charge in [-0.25, -0.2) is 4.98 Å². The Morgan fingerprint density at radius 1 is 0.966 bits per heavy atom. The van der Waals surface area contributed by atoms with Gasteiger partial charge in [0.1, 0.15) is 0 Å². The van der Waals surface area contributed by atoms with Gasteiger partial charge >= 0.3 is 0 Å². The van der Waals surface area contributed by atoms with Crippen LogP contribution in [0.1, 0.15) is 5.56 Å². The van der Waals surface area contributed by atoms with Crippen molar-refractivity contribution < 1.29 is 18.9 Å². The van der Waals surface area contributed by atoms with Crippen LogP contribution >= 0.6 is 22.9 Å². The van der Waals surface area contributed by atoms with Gasteiger partial charge < -0.3 is 18.9 Å². The van der Waals surface area contributed by atoms with Crippen LogP contribution in [0.2, 0.25) is 5.02 Å². The highest BCUT2D eigenvalue weighted by atomic mass is 35.5. The van der Waals surface area contributed by atoms with Gasteiger partial charge in [0.2, 0.25) is 5.13 Å². The van der Waals surface area contributed by atoms with Crippen molar-refractivity contribution in [2.45, 2.75) is 0 Å². The third kappa shape index (κ3) is 4.55. The van der Waals surface area contributed by atoms with E-state index in [1.54, 1.807) is 39.7 Å². The first-order valence-electron chi connectivity index (χ1n) is 8.48. The van der Waals surface area contributed by atoms with Crippen LogP contribution in [-0.4, -0.2) is 39.6 Å². The predicted molar refractivity (Wildman–Crippen MR) is 116 cm³/mol. The number of nitrogens with one attached hydrogen (secondary N) is 1. The smallest absolute Gasteiger partial charge is 0.203 e. The second-order valence-corrected chi connectivity index (χ2v) is 6.92. The van der Waals surface area contributed by atoms with Gasteiger partial charge in [0, 0.05) is 16.5 Å². The van der Waals surface area contributed by atoms with Gasteiger partial charge in [-0.1, -0.05) is 11.6 Å². The number of anilines is 1. The third-order valence-electron chi connectivity index (χ3n) is 4.06. The van der Waals surface area contributed by atoms with Crippen LogP contribution in [0.5, 0.6) is 23.0 Å². The molecule has 0 atom stereocenters. The van der Waals surface area contributed by atoms with Crippen molar-refractivity contribution in [3.63, 3.8) is 0 Å². The topological polar surface area (TPSA) is 74.2 Å². The Balaban J connectivity index is 1.74. The van der Waals surface area contributed by atoms with E-state index in [1.165, 1.54) is 18.4 Å². The normalized spacial score (nSPS) is 10.8. The number of hydrogen-bond acceptors (Lipinski definition) is 8. The van der Waals surface area contributed by atoms with Gasteiger partial charge in [-0.15, -0.1) is 11.3 Å². The van der Waals surface area contributed by atoms with Gasteiger partial charge in [0.25, 0.3) is 0 Å². The molecule has 0 radical (unpaired) electrons. The molecule has 1 N–H and O–H groups in total. The molecule has 0 spiro atoms. The van der Waals surface area contributed by atoms with Gasteiger partial charge in [-0.2, -0.15) is 5.10 Å². The fourth-order valence-corrected chi connectivity index (χ4v) is 3.57. The number of nitrogens with zero attached hydrogens (tertiary/aromatic N) is 2. The minimum absolute atomic E-state index is 0.419. The minimum atomic E-state index is 0.419. The number of aromatic nitrogens is 1. The van der Waals surface area contributed by atoms with Crippen molar-refractivity contribution in [2.75, 3.05) is 33.9 Å². The van der Waals surface area contributed by atoms with Crippen molar-refractivity contribution in [1.29, 1.82) is 0 Å². The van der Waals surface area contributed by atoms with Crippen LogP contribution in [-0.2, 0) is 0 Å². The van der Waals surface area contributed by atoms with Crippen LogP contribution in [0.15, 0.2) is 40.8 Å². The molecular formula is C20H20ClN3O4S. The molecule has 9 heteroatoms. The third-order valence-corrected chi connectivity index (χ3v) is 5.20. The number of thiazole rings is 1. The molecule has 3 rings (SSSR count). The number of halogens is 1. The number of ether oxygens (including phenoxy) is 4. The number of methoxy groups -OCH3 is 4. The highest BCUT2D eigenvalue weighted by Crippen LogP contribution is 2.37. The number of hydrazone groups is 1. The van der Waals surface area contributed by atoms with E-state index in [-0.39, 0.29) is 0 Å². The maximum Gasteiger partial charge on any atom is 0.203 e. The zero-order valence-corrected chi connectivity index (χ0v) is 17.9. The number of benzene rings is 2. The zero-order chi connectivity index (χ0) is 20.8. The zero-order valence-electron chi connectivity index (χ0n) is 16.4. The Morgan fingerprint density at radius 3 is 2.38 bits per heavy atom. The summed E-state index contributed by atoms with van der Waals surface area (Å²) in [5, 5.41) is 7.21. The SMILES string of the molecule is COc1ccc(-c2csc(N/N=C\c3ccc(OC)c(OC)c3Cl)n2)cc1OC. The molecule has 0 amide bonds. The Morgan fingerprint density at radius 2 is 1.69 bits per heavy atom. The summed E-state index contributed by atoms with van der Waals surface area (Å²) in [5.41, 5.74) is 5.33. The molecule has 0 bridgehead atoms. The van der Waals surface area contributed by atoms with Gasteiger partial charge in [-0.3, -0.25) is 5.43 Å². The molecule has 0 aliphatic carbocycles. The Bertz CT molecular complexity index is 1020. The van der Waals surface area contributed by atoms with Crippen molar-refractivity contribution in [1.82, 2.24) is 4.98 Å². The molecule has 0 aliphatic rings. The van der Waals surface area contributed by atoms with Crippen LogP contribution in [0.3, 0.4) is 0 Å². The van der Waals surface area contributed by atoms with E-state index < -0.39 is 0 Å². The average molecular weight is 434 g/mol. The Kier molecular flexibility index (Phi) is 6.79. The van der Waals surface area contributed by atoms with Crippen molar-refractivity contribution >= 4 is 34.3 Å². The average Bonchev–Trinajstić information content (AvgIpc) is 3.23. The quantitative estimate of drug-likeness (QED) is 0.400. The monoisotopic (exact) mass is 433 g/mol. The van der Waals surface area contributed by atoms with Crippen molar-refractivity contribution in [3.8, 4) is 34.3 Å². The van der Waals surface area contributed by atoms with Crippen molar-refractivity contribution in [2.24, 2.45) is 5.10 Å². The molecule has 3 aromatic rings. The summed E-state index contributed by atoms with van der Waals surface area (Å²) in [6, 6.07) is 9.21. The molecule has 0 saturated heterocycles. The van der Waals surface area contributed by atoms with E-state index in [9.17, 15) is 0 Å². The van der Waals surface area contributed by atoms with E-state index in [0.717, 1.165) is 11.3 Å². The minimum Gasteiger partial charge on any atom is -0.493 e. The van der Waals surface area contributed by atoms with Gasteiger partial charge in [0.05, 0.1) is 45.4 Å². The standard InChI is InChI=1S/C20H20ClN3O4S/c1-25-15-7-5-12(9-17(15)27-3)14-11-29-20(23-14)24-22-10-13-6-8-16(26-2)19(28-4)18(13)21/h5-11H,1-4H3,(H,23,24)/b22-10-. The molecule has 0 aliphatic heterocycles. The van der Waals surface area contributed by atoms with Crippen LogP contribution in [0.25, 0.3) is 11.3 Å². The van der Waals surface area contributed by atoms with E-state index in [4.69, 9.17) is 30.5 Å². The van der Waals surface area contributed by atoms with Crippen LogP contribution < -0.4 is 24.4 Å². The van der Waals surface area contributed by atoms with E-state index >= 15 is 0 Å². The highest BCUT2D eigenvalue weighted by Gasteiger charge is 2.12. The van der Waals surface area contributed by atoms with E-state index in [1.807, 2.05) is 23.6 Å². The summed E-state index contributed by atoms with van der Waals surface area (Å²) in [6.07, 6.45) is 1.60. The van der Waals surface area contributed by atoms with Crippen LogP contribution in [0.4, 0.5) is 5.13 Å². The Hall–Kier alpha value is -2.97. The van der Waals surface area contributed by atoms with E-state index in [0.29, 0.717) is 38.7 Å². The first kappa shape index (κ1) is 20.8. The molecule has 7 nitrogen and oxygen atoms in total. The first-order chi connectivity index (χ1) is 14.1. The summed E-state index contributed by atoms with van der Waals surface area (Å²) in [6.45, 7) is 0. The summed E-state index contributed by atoms with van der Waals surface area (Å²) < 4.78 is 21.1. The van der Waals surface area contributed by atoms with Crippen LogP contribution in [0, 0.1) is 0 Å². The maximum atomic E-state index is 6.35. The lowest BCUT2D eigenvalue weighted by Crippen LogP contribution is -1.96. The molecule has 29 heavy (non-hydrogen) atoms. The summed E-state index contributed by atoms with van der Waals surface area (Å²) in [4.78, 5) is 4.55. The highest BCUT2D eigenvalue weighted by molar-refractivity contribution is 7.14. The molecular weight excluding hydrogens is 414 g/mol. The molecule has 1 heterocycles. The summed E-state index contributed by atoms with van der Waals surface area (Å²) in [7, 11) is 6.30. The fourth-order valence-electron chi connectivity index (χ4n) is 2.61. The summed E-state index contributed by atoms with van der Waals surface area (Å²) in [5.74, 6) is 2.33. The van der Waals surface area contributed by atoms with Crippen molar-refractivity contribution in [3.05, 3.63) is 46.3 Å². The largest absolute Gasteiger partial charge is 0.493 e. The maximum absolute atomic E-state index is 6.35. The molecule has 152 valence electrons. The second kappa shape index (κ2) is 9.49. The molecule has 2 aromatic carbocycles. The number of hydrogen-bond donors (Lipinski definition) is 1. The fraction of sp³-hybridized carbons (Fsp3) is 0.200. The summed E-state index contributed by atoms with van der Waals surface area (Å²) >= 11 is 7.79. The predicted octanol–water partition coefficient (Wildman–Crippen LogP) is 4.94.